The van der Waals surface area contributed by atoms with Gasteiger partial charge in [0.25, 0.3) is 0 Å². The normalized spacial score (nSPS) is 11.0. The van der Waals surface area contributed by atoms with Crippen LogP contribution in [-0.2, 0) is 16.3 Å². The second-order valence-electron chi connectivity index (χ2n) is 5.82. The summed E-state index contributed by atoms with van der Waals surface area (Å²) in [6.45, 7) is -0.00866. The van der Waals surface area contributed by atoms with Gasteiger partial charge in [-0.2, -0.15) is 14.8 Å². The van der Waals surface area contributed by atoms with Gasteiger partial charge in [0.2, 0.25) is 15.8 Å². The third kappa shape index (κ3) is 4.22. The Hall–Kier alpha value is -3.78. The lowest BCUT2D eigenvalue weighted by molar-refractivity contribution is 0.194. The van der Waals surface area contributed by atoms with Crippen molar-refractivity contribution in [1.82, 2.24) is 20.1 Å². The van der Waals surface area contributed by atoms with E-state index in [9.17, 15) is 17.6 Å². The van der Waals surface area contributed by atoms with Crippen molar-refractivity contribution in [3.63, 3.8) is 0 Å². The monoisotopic (exact) mass is 415 g/mol. The predicted molar refractivity (Wildman–Crippen MR) is 97.7 cm³/mol. The first-order chi connectivity index (χ1) is 13.8. The number of hydrogen-bond donors (Lipinski definition) is 2. The Labute approximate surface area is 165 Å². The number of hydrogen-bond acceptors (Lipinski definition) is 6. The summed E-state index contributed by atoms with van der Waals surface area (Å²) < 4.78 is 41.5. The third-order valence-corrected chi connectivity index (χ3v) is 5.62. The zero-order valence-electron chi connectivity index (χ0n) is 14.8. The van der Waals surface area contributed by atoms with Crippen molar-refractivity contribution < 1.29 is 22.7 Å². The van der Waals surface area contributed by atoms with Crippen LogP contribution in [0.2, 0.25) is 0 Å². The van der Waals surface area contributed by atoms with Crippen molar-refractivity contribution in [3.8, 4) is 11.8 Å². The molecule has 3 aromatic rings. The van der Waals surface area contributed by atoms with Gasteiger partial charge in [0.15, 0.2) is 5.03 Å². The van der Waals surface area contributed by atoms with Gasteiger partial charge in [-0.25, -0.2) is 22.9 Å². The zero-order valence-corrected chi connectivity index (χ0v) is 15.6. The summed E-state index contributed by atoms with van der Waals surface area (Å²) in [7, 11) is -4.17. The van der Waals surface area contributed by atoms with Crippen LogP contribution in [-0.4, -0.2) is 40.9 Å². The van der Waals surface area contributed by atoms with Crippen LogP contribution in [0.1, 0.15) is 11.3 Å². The lowest BCUT2D eigenvalue weighted by Crippen LogP contribution is -2.23. The first-order valence-electron chi connectivity index (χ1n) is 8.25. The molecular formula is C18H14FN5O4S. The average molecular weight is 415 g/mol. The average Bonchev–Trinajstić information content (AvgIpc) is 3.13. The number of carboxylic acid groups (broad SMARTS) is 1. The Kier molecular flexibility index (Phi) is 5.56. The number of amides is 1. The Morgan fingerprint density at radius 3 is 2.76 bits per heavy atom. The smallest absolute Gasteiger partial charge is 0.404 e. The van der Waals surface area contributed by atoms with E-state index in [-0.39, 0.29) is 39.8 Å². The van der Waals surface area contributed by atoms with E-state index in [4.69, 9.17) is 10.4 Å². The summed E-state index contributed by atoms with van der Waals surface area (Å²) in [6, 6.07) is 11.3. The molecule has 0 radical (unpaired) electrons. The molecule has 2 heterocycles. The van der Waals surface area contributed by atoms with Crippen LogP contribution >= 0.6 is 0 Å². The molecule has 1 aromatic carbocycles. The number of halogens is 1. The van der Waals surface area contributed by atoms with Crippen molar-refractivity contribution in [2.75, 3.05) is 6.54 Å². The van der Waals surface area contributed by atoms with Gasteiger partial charge in [0, 0.05) is 19.2 Å². The van der Waals surface area contributed by atoms with Crippen LogP contribution in [0.3, 0.4) is 0 Å². The van der Waals surface area contributed by atoms with Crippen molar-refractivity contribution in [1.29, 1.82) is 5.26 Å². The standard InChI is InChI=1S/C18H14FN5O4S/c19-17-15(5-2-7-21-17)24-16(10-13(23-24)6-8-22-18(25)26)29(27,28)14-4-1-3-12(9-14)11-20/h1-5,7,9-10,22H,6,8H2,(H,25,26). The predicted octanol–water partition coefficient (Wildman–Crippen LogP) is 1.92. The molecule has 1 amide bonds. The highest BCUT2D eigenvalue weighted by Gasteiger charge is 2.26. The summed E-state index contributed by atoms with van der Waals surface area (Å²) in [5, 5.41) is 23.7. The molecule has 2 aromatic heterocycles. The first-order valence-corrected chi connectivity index (χ1v) is 9.73. The van der Waals surface area contributed by atoms with E-state index in [0.29, 0.717) is 0 Å². The van der Waals surface area contributed by atoms with Crippen molar-refractivity contribution in [2.24, 2.45) is 0 Å². The lowest BCUT2D eigenvalue weighted by Gasteiger charge is -2.09. The Morgan fingerprint density at radius 1 is 1.28 bits per heavy atom. The fraction of sp³-hybridized carbons (Fsp3) is 0.111. The number of nitriles is 1. The molecule has 0 aliphatic carbocycles. The Balaban J connectivity index is 2.13. The molecule has 29 heavy (non-hydrogen) atoms. The number of nitrogens with one attached hydrogen (secondary N) is 1. The minimum absolute atomic E-state index is 0.00866. The molecule has 11 heteroatoms. The van der Waals surface area contributed by atoms with E-state index in [1.165, 1.54) is 48.7 Å². The Bertz CT molecular complexity index is 1220. The number of aromatic nitrogens is 3. The van der Waals surface area contributed by atoms with Crippen molar-refractivity contribution >= 4 is 15.9 Å². The number of benzene rings is 1. The zero-order chi connectivity index (χ0) is 21.0. The molecule has 0 saturated carbocycles. The Morgan fingerprint density at radius 2 is 2.07 bits per heavy atom. The molecule has 0 unspecified atom stereocenters. The third-order valence-electron chi connectivity index (χ3n) is 3.90. The molecular weight excluding hydrogens is 401 g/mol. The quantitative estimate of drug-likeness (QED) is 0.587. The highest BCUT2D eigenvalue weighted by molar-refractivity contribution is 7.91. The maximum Gasteiger partial charge on any atom is 0.404 e. The van der Waals surface area contributed by atoms with Crippen LogP contribution in [0.15, 0.2) is 58.6 Å². The van der Waals surface area contributed by atoms with Gasteiger partial charge in [0.1, 0.15) is 5.69 Å². The summed E-state index contributed by atoms with van der Waals surface area (Å²) in [4.78, 5) is 14.0. The highest BCUT2D eigenvalue weighted by atomic mass is 32.2. The fourth-order valence-electron chi connectivity index (χ4n) is 2.58. The van der Waals surface area contributed by atoms with Crippen molar-refractivity contribution in [3.05, 3.63) is 65.9 Å². The van der Waals surface area contributed by atoms with E-state index < -0.39 is 21.9 Å². The summed E-state index contributed by atoms with van der Waals surface area (Å²) in [5.41, 5.74) is 0.201. The van der Waals surface area contributed by atoms with Crippen molar-refractivity contribution in [2.45, 2.75) is 16.3 Å². The lowest BCUT2D eigenvalue weighted by atomic mass is 10.2. The molecule has 0 aliphatic heterocycles. The van der Waals surface area contributed by atoms with Crippen LogP contribution < -0.4 is 5.32 Å². The maximum atomic E-state index is 14.2. The highest BCUT2D eigenvalue weighted by Crippen LogP contribution is 2.26. The van der Waals surface area contributed by atoms with Gasteiger partial charge in [0.05, 0.1) is 22.2 Å². The summed E-state index contributed by atoms with van der Waals surface area (Å²) >= 11 is 0. The SMILES string of the molecule is N#Cc1cccc(S(=O)(=O)c2cc(CCNC(=O)O)nn2-c2cccnc2F)c1. The first kappa shape index (κ1) is 20.0. The molecule has 0 bridgehead atoms. The van der Waals surface area contributed by atoms with Crippen LogP contribution in [0, 0.1) is 17.3 Å². The molecule has 0 fully saturated rings. The largest absolute Gasteiger partial charge is 0.465 e. The topological polar surface area (TPSA) is 138 Å². The second-order valence-corrected chi connectivity index (χ2v) is 7.72. The molecule has 9 nitrogen and oxygen atoms in total. The minimum atomic E-state index is -4.17. The number of nitrogens with zero attached hydrogens (tertiary/aromatic N) is 4. The summed E-state index contributed by atoms with van der Waals surface area (Å²) in [5.74, 6) is -0.923. The number of carbonyl (C=O) groups is 1. The molecule has 0 saturated heterocycles. The van der Waals surface area contributed by atoms with Gasteiger partial charge in [-0.05, 0) is 36.4 Å². The maximum absolute atomic E-state index is 14.2. The number of rotatable bonds is 6. The van der Waals surface area contributed by atoms with E-state index in [1.807, 2.05) is 6.07 Å². The number of sulfone groups is 1. The van der Waals surface area contributed by atoms with E-state index in [1.54, 1.807) is 0 Å². The van der Waals surface area contributed by atoms with Gasteiger partial charge >= 0.3 is 6.09 Å². The van der Waals surface area contributed by atoms with E-state index >= 15 is 0 Å². The minimum Gasteiger partial charge on any atom is -0.465 e. The molecule has 2 N–H and O–H groups in total. The number of pyridine rings is 1. The summed E-state index contributed by atoms with van der Waals surface area (Å²) in [6.07, 6.45) is 0.0656. The van der Waals surface area contributed by atoms with E-state index in [2.05, 4.69) is 15.4 Å². The van der Waals surface area contributed by atoms with Gasteiger partial charge in [-0.1, -0.05) is 6.07 Å². The van der Waals surface area contributed by atoms with Gasteiger partial charge in [-0.15, -0.1) is 0 Å². The van der Waals surface area contributed by atoms with Gasteiger partial charge < -0.3 is 10.4 Å². The van der Waals surface area contributed by atoms with Crippen LogP contribution in [0.5, 0.6) is 0 Å². The fourth-order valence-corrected chi connectivity index (χ4v) is 4.02. The van der Waals surface area contributed by atoms with Crippen LogP contribution in [0.25, 0.3) is 5.69 Å². The van der Waals surface area contributed by atoms with Crippen LogP contribution in [0.4, 0.5) is 9.18 Å². The molecule has 0 atom stereocenters. The second kappa shape index (κ2) is 8.07. The molecule has 0 aliphatic rings. The van der Waals surface area contributed by atoms with Gasteiger partial charge in [-0.3, -0.25) is 0 Å². The molecule has 3 rings (SSSR count). The van der Waals surface area contributed by atoms with E-state index in [0.717, 1.165) is 4.68 Å². The molecule has 148 valence electrons. The molecule has 0 spiro atoms.